The summed E-state index contributed by atoms with van der Waals surface area (Å²) in [4.78, 5) is 11.8. The van der Waals surface area contributed by atoms with E-state index in [0.29, 0.717) is 5.56 Å². The maximum absolute atomic E-state index is 13.6. The molecule has 0 bridgehead atoms. The summed E-state index contributed by atoms with van der Waals surface area (Å²) in [6.45, 7) is -0.259. The maximum atomic E-state index is 13.6. The van der Waals surface area contributed by atoms with E-state index < -0.39 is 23.5 Å². The summed E-state index contributed by atoms with van der Waals surface area (Å²) in [5.41, 5.74) is 0.480. The highest BCUT2D eigenvalue weighted by atomic mass is 19.1. The van der Waals surface area contributed by atoms with Crippen LogP contribution in [0.3, 0.4) is 0 Å². The molecule has 0 aliphatic rings. The molecule has 0 saturated carbocycles. The van der Waals surface area contributed by atoms with Gasteiger partial charge in [0.25, 0.3) is 0 Å². The number of hydrogen-bond acceptors (Lipinski definition) is 4. The Morgan fingerprint density at radius 2 is 1.83 bits per heavy atom. The van der Waals surface area contributed by atoms with E-state index in [1.165, 1.54) is 42.5 Å². The highest BCUT2D eigenvalue weighted by Gasteiger charge is 2.17. The molecule has 0 saturated heterocycles. The minimum atomic E-state index is -1.25. The first-order valence-corrected chi connectivity index (χ1v) is 6.81. The fourth-order valence-electron chi connectivity index (χ4n) is 2.14. The number of hydrogen-bond donors (Lipinski definition) is 1. The Morgan fingerprint density at radius 3 is 2.52 bits per heavy atom. The molecule has 0 unspecified atom stereocenters. The van der Waals surface area contributed by atoms with E-state index in [0.717, 1.165) is 4.68 Å². The van der Waals surface area contributed by atoms with E-state index in [1.54, 1.807) is 6.07 Å². The molecule has 0 fully saturated rings. The molecule has 7 heteroatoms. The second kappa shape index (κ2) is 6.13. The number of aliphatic hydroxyl groups is 1. The molecule has 0 amide bonds. The number of halogens is 2. The van der Waals surface area contributed by atoms with Crippen LogP contribution in [0, 0.1) is 11.6 Å². The third-order valence-electron chi connectivity index (χ3n) is 3.31. The van der Waals surface area contributed by atoms with E-state index in [-0.39, 0.29) is 18.0 Å². The normalized spacial score (nSPS) is 12.3. The minimum Gasteiger partial charge on any atom is -0.388 e. The zero-order valence-corrected chi connectivity index (χ0v) is 11.8. The summed E-state index contributed by atoms with van der Waals surface area (Å²) in [5.74, 6) is -1.80. The first-order valence-electron chi connectivity index (χ1n) is 6.81. The van der Waals surface area contributed by atoms with Crippen LogP contribution in [0.1, 0.15) is 11.7 Å². The first kappa shape index (κ1) is 15.1. The van der Waals surface area contributed by atoms with Crippen molar-refractivity contribution in [3.05, 3.63) is 76.3 Å². The van der Waals surface area contributed by atoms with Gasteiger partial charge in [0.1, 0.15) is 17.7 Å². The summed E-state index contributed by atoms with van der Waals surface area (Å²) in [6.07, 6.45) is -1.25. The molecule has 1 heterocycles. The second-order valence-corrected chi connectivity index (χ2v) is 4.90. The minimum absolute atomic E-state index is 0.00395. The van der Waals surface area contributed by atoms with Crippen LogP contribution in [0.4, 0.5) is 8.78 Å². The van der Waals surface area contributed by atoms with Gasteiger partial charge in [-0.15, -0.1) is 5.10 Å². The number of benzene rings is 2. The topological polar surface area (TPSA) is 68.3 Å². The quantitative estimate of drug-likeness (QED) is 0.802. The van der Waals surface area contributed by atoms with Gasteiger partial charge in [0.15, 0.2) is 0 Å². The lowest BCUT2D eigenvalue weighted by atomic mass is 10.1. The molecule has 23 heavy (non-hydrogen) atoms. The van der Waals surface area contributed by atoms with Gasteiger partial charge in [0.2, 0.25) is 5.89 Å². The van der Waals surface area contributed by atoms with Crippen molar-refractivity contribution < 1.29 is 18.3 Å². The Hall–Kier alpha value is -2.80. The number of nitrogens with zero attached hydrogens (tertiary/aromatic N) is 2. The Balaban J connectivity index is 1.86. The van der Waals surface area contributed by atoms with Crippen LogP contribution in [-0.2, 0) is 6.54 Å². The molecule has 0 aliphatic carbocycles. The average molecular weight is 318 g/mol. The number of rotatable bonds is 4. The number of aromatic nitrogens is 2. The van der Waals surface area contributed by atoms with Crippen LogP contribution in [-0.4, -0.2) is 14.9 Å². The van der Waals surface area contributed by atoms with Gasteiger partial charge in [-0.1, -0.05) is 18.2 Å². The zero-order chi connectivity index (χ0) is 16.4. The van der Waals surface area contributed by atoms with Gasteiger partial charge >= 0.3 is 5.76 Å². The summed E-state index contributed by atoms with van der Waals surface area (Å²) < 4.78 is 32.4. The molecule has 0 radical (unpaired) electrons. The summed E-state index contributed by atoms with van der Waals surface area (Å²) in [5, 5.41) is 14.0. The molecule has 3 aromatic rings. The summed E-state index contributed by atoms with van der Waals surface area (Å²) >= 11 is 0. The van der Waals surface area contributed by atoms with Crippen molar-refractivity contribution in [3.8, 4) is 11.5 Å². The molecule has 5 nitrogen and oxygen atoms in total. The fourth-order valence-corrected chi connectivity index (χ4v) is 2.14. The monoisotopic (exact) mass is 318 g/mol. The molecule has 118 valence electrons. The molecular formula is C16H12F2N2O3. The molecule has 0 spiro atoms. The Labute approximate surface area is 129 Å². The lowest BCUT2D eigenvalue weighted by molar-refractivity contribution is 0.144. The van der Waals surface area contributed by atoms with Crippen LogP contribution in [0.5, 0.6) is 0 Å². The predicted molar refractivity (Wildman–Crippen MR) is 77.5 cm³/mol. The van der Waals surface area contributed by atoms with E-state index in [2.05, 4.69) is 5.10 Å². The van der Waals surface area contributed by atoms with Crippen LogP contribution >= 0.6 is 0 Å². The van der Waals surface area contributed by atoms with Gasteiger partial charge in [-0.25, -0.2) is 13.6 Å². The first-order chi connectivity index (χ1) is 11.0. The summed E-state index contributed by atoms with van der Waals surface area (Å²) in [7, 11) is 0. The van der Waals surface area contributed by atoms with Gasteiger partial charge in [-0.05, 0) is 30.3 Å². The van der Waals surface area contributed by atoms with Crippen LogP contribution in [0.15, 0.2) is 57.7 Å². The SMILES string of the molecule is O=c1oc(-c2ccc(F)cc2)nn1C[C@H](O)c1ccccc1F. The molecular weight excluding hydrogens is 306 g/mol. The molecule has 1 aromatic heterocycles. The van der Waals surface area contributed by atoms with Crippen molar-refractivity contribution in [1.29, 1.82) is 0 Å². The lowest BCUT2D eigenvalue weighted by Crippen LogP contribution is -2.20. The van der Waals surface area contributed by atoms with Crippen molar-refractivity contribution in [1.82, 2.24) is 9.78 Å². The van der Waals surface area contributed by atoms with Gasteiger partial charge in [0, 0.05) is 11.1 Å². The Kier molecular flexibility index (Phi) is 4.03. The van der Waals surface area contributed by atoms with Crippen molar-refractivity contribution in [2.45, 2.75) is 12.6 Å². The molecule has 1 N–H and O–H groups in total. The number of aliphatic hydroxyl groups excluding tert-OH is 1. The van der Waals surface area contributed by atoms with Gasteiger partial charge in [-0.2, -0.15) is 4.68 Å². The van der Waals surface area contributed by atoms with Crippen LogP contribution in [0.2, 0.25) is 0 Å². The second-order valence-electron chi connectivity index (χ2n) is 4.90. The molecule has 0 aliphatic heterocycles. The third-order valence-corrected chi connectivity index (χ3v) is 3.31. The highest BCUT2D eigenvalue weighted by molar-refractivity contribution is 5.51. The van der Waals surface area contributed by atoms with Crippen molar-refractivity contribution in [3.63, 3.8) is 0 Å². The largest absolute Gasteiger partial charge is 0.437 e. The molecule has 2 aromatic carbocycles. The molecule has 1 atom stereocenters. The van der Waals surface area contributed by atoms with Crippen molar-refractivity contribution in [2.75, 3.05) is 0 Å². The van der Waals surface area contributed by atoms with Crippen molar-refractivity contribution in [2.24, 2.45) is 0 Å². The van der Waals surface area contributed by atoms with Gasteiger partial charge in [0.05, 0.1) is 6.54 Å². The van der Waals surface area contributed by atoms with Crippen LogP contribution < -0.4 is 5.76 Å². The lowest BCUT2D eigenvalue weighted by Gasteiger charge is -2.10. The standard InChI is InChI=1S/C16H12F2N2O3/c17-11-7-5-10(6-8-11)15-19-20(16(22)23-15)9-14(21)12-3-1-2-4-13(12)18/h1-8,14,21H,9H2/t14-/m0/s1. The predicted octanol–water partition coefficient (Wildman–Crippen LogP) is 2.52. The molecule has 3 rings (SSSR count). The fraction of sp³-hybridized carbons (Fsp3) is 0.125. The van der Waals surface area contributed by atoms with Gasteiger partial charge in [-0.3, -0.25) is 0 Å². The van der Waals surface area contributed by atoms with Gasteiger partial charge < -0.3 is 9.52 Å². The van der Waals surface area contributed by atoms with Crippen LogP contribution in [0.25, 0.3) is 11.5 Å². The highest BCUT2D eigenvalue weighted by Crippen LogP contribution is 2.19. The van der Waals surface area contributed by atoms with E-state index in [1.807, 2.05) is 0 Å². The Bertz CT molecular complexity index is 872. The maximum Gasteiger partial charge on any atom is 0.437 e. The van der Waals surface area contributed by atoms with Crippen molar-refractivity contribution >= 4 is 0 Å². The Morgan fingerprint density at radius 1 is 1.13 bits per heavy atom. The van der Waals surface area contributed by atoms with E-state index in [9.17, 15) is 18.7 Å². The average Bonchev–Trinajstić information content (AvgIpc) is 2.89. The van der Waals surface area contributed by atoms with E-state index >= 15 is 0 Å². The third kappa shape index (κ3) is 3.19. The summed E-state index contributed by atoms with van der Waals surface area (Å²) in [6, 6.07) is 11.0. The van der Waals surface area contributed by atoms with E-state index in [4.69, 9.17) is 4.42 Å². The smallest absolute Gasteiger partial charge is 0.388 e. The zero-order valence-electron chi connectivity index (χ0n) is 11.8.